The number of ketones is 3. The average Bonchev–Trinajstić information content (AvgIpc) is 3.00. The highest BCUT2D eigenvalue weighted by Crippen LogP contribution is 2.22. The van der Waals surface area contributed by atoms with Crippen molar-refractivity contribution in [3.8, 4) is 17.2 Å². The van der Waals surface area contributed by atoms with Gasteiger partial charge in [0.2, 0.25) is 0 Å². The van der Waals surface area contributed by atoms with Gasteiger partial charge >= 0.3 is 0 Å². The lowest BCUT2D eigenvalue weighted by molar-refractivity contribution is 0.0976. The smallest absolute Gasteiger partial charge is 0.166 e. The summed E-state index contributed by atoms with van der Waals surface area (Å²) in [7, 11) is 0. The van der Waals surface area contributed by atoms with Crippen LogP contribution in [0.3, 0.4) is 0 Å². The minimum absolute atomic E-state index is 0.0369. The molecule has 0 aliphatic heterocycles. The van der Waals surface area contributed by atoms with E-state index in [-0.39, 0.29) is 17.3 Å². The first-order chi connectivity index (χ1) is 19.5. The van der Waals surface area contributed by atoms with Crippen molar-refractivity contribution in [2.24, 2.45) is 0 Å². The Morgan fingerprint density at radius 1 is 0.500 bits per heavy atom. The number of ether oxygens (including phenoxy) is 3. The molecular weight excluding hydrogens is 506 g/mol. The summed E-state index contributed by atoms with van der Waals surface area (Å²) < 4.78 is 18.0. The van der Waals surface area contributed by atoms with Crippen molar-refractivity contribution in [3.05, 3.63) is 89.5 Å². The molecule has 0 saturated carbocycles. The van der Waals surface area contributed by atoms with Gasteiger partial charge < -0.3 is 14.2 Å². The lowest BCUT2D eigenvalue weighted by Gasteiger charge is -2.23. The Labute approximate surface area is 237 Å². The Morgan fingerprint density at radius 2 is 0.775 bits per heavy atom. The van der Waals surface area contributed by atoms with E-state index in [9.17, 15) is 14.4 Å². The van der Waals surface area contributed by atoms with E-state index in [0.29, 0.717) is 92.7 Å². The molecule has 3 aromatic carbocycles. The van der Waals surface area contributed by atoms with E-state index in [1.807, 2.05) is 75.4 Å². The van der Waals surface area contributed by atoms with Crippen LogP contribution in [0.2, 0.25) is 0 Å². The monoisotopic (exact) mass is 545 g/mol. The van der Waals surface area contributed by atoms with Gasteiger partial charge in [0.1, 0.15) is 37.1 Å². The predicted octanol–water partition coefficient (Wildman–Crippen LogP) is 6.30. The van der Waals surface area contributed by atoms with Crippen LogP contribution in [0, 0.1) is 0 Å². The lowest BCUT2D eigenvalue weighted by atomic mass is 10.1. The van der Waals surface area contributed by atoms with Crippen molar-refractivity contribution >= 4 is 17.3 Å². The van der Waals surface area contributed by atoms with Crippen molar-refractivity contribution in [1.82, 2.24) is 4.90 Å². The lowest BCUT2D eigenvalue weighted by Crippen LogP contribution is -2.35. The minimum atomic E-state index is 0.0369. The third-order valence-electron chi connectivity index (χ3n) is 6.52. The fraction of sp³-hybridized carbons (Fsp3) is 0.364. The molecule has 0 saturated heterocycles. The van der Waals surface area contributed by atoms with Gasteiger partial charge in [0.25, 0.3) is 0 Å². The minimum Gasteiger partial charge on any atom is -0.491 e. The number of rotatable bonds is 18. The summed E-state index contributed by atoms with van der Waals surface area (Å²) in [5, 5.41) is 0. The van der Waals surface area contributed by atoms with E-state index < -0.39 is 0 Å². The quantitative estimate of drug-likeness (QED) is 0.173. The highest BCUT2D eigenvalue weighted by atomic mass is 16.5. The molecule has 0 spiro atoms. The maximum Gasteiger partial charge on any atom is 0.166 e. The van der Waals surface area contributed by atoms with Crippen molar-refractivity contribution < 1.29 is 28.6 Å². The van der Waals surface area contributed by atoms with Crippen molar-refractivity contribution in [2.45, 2.75) is 40.0 Å². The number of benzene rings is 3. The third-order valence-corrected chi connectivity index (χ3v) is 6.52. The zero-order valence-electron chi connectivity index (χ0n) is 23.7. The predicted molar refractivity (Wildman–Crippen MR) is 156 cm³/mol. The average molecular weight is 546 g/mol. The van der Waals surface area contributed by atoms with Gasteiger partial charge in [-0.2, -0.15) is 0 Å². The maximum absolute atomic E-state index is 12.3. The van der Waals surface area contributed by atoms with Crippen LogP contribution in [-0.2, 0) is 0 Å². The van der Waals surface area contributed by atoms with Gasteiger partial charge in [0.05, 0.1) is 16.7 Å². The molecule has 0 amide bonds. The Hall–Kier alpha value is -3.97. The van der Waals surface area contributed by atoms with Gasteiger partial charge in [-0.1, -0.05) is 57.2 Å². The molecule has 3 aromatic rings. The SMILES string of the molecule is CCC(=O)c1ccccc1OCCN(CCOc1ccccc1C(=O)CC)CCOc1ccccc1C(=O)CC. The molecule has 0 aliphatic carbocycles. The fourth-order valence-electron chi connectivity index (χ4n) is 4.23. The number of carbonyl (C=O) groups excluding carboxylic acids is 3. The van der Waals surface area contributed by atoms with Gasteiger partial charge in [-0.3, -0.25) is 19.3 Å². The van der Waals surface area contributed by atoms with Crippen LogP contribution in [0.1, 0.15) is 71.1 Å². The molecule has 0 aromatic heterocycles. The van der Waals surface area contributed by atoms with Gasteiger partial charge in [0, 0.05) is 38.9 Å². The van der Waals surface area contributed by atoms with Gasteiger partial charge in [-0.25, -0.2) is 0 Å². The summed E-state index contributed by atoms with van der Waals surface area (Å²) in [6.07, 6.45) is 1.22. The molecule has 0 bridgehead atoms. The molecule has 7 heteroatoms. The van der Waals surface area contributed by atoms with E-state index >= 15 is 0 Å². The molecule has 40 heavy (non-hydrogen) atoms. The fourth-order valence-corrected chi connectivity index (χ4v) is 4.23. The molecule has 212 valence electrons. The Bertz CT molecular complexity index is 1120. The molecule has 0 aliphatic rings. The van der Waals surface area contributed by atoms with Crippen LogP contribution in [0.5, 0.6) is 17.2 Å². The van der Waals surface area contributed by atoms with E-state index in [2.05, 4.69) is 4.90 Å². The van der Waals surface area contributed by atoms with Gasteiger partial charge in [-0.05, 0) is 36.4 Å². The van der Waals surface area contributed by atoms with E-state index in [0.717, 1.165) is 0 Å². The standard InChI is InChI=1S/C33H39NO6/c1-4-28(35)25-13-7-10-16-31(25)38-22-19-34(20-23-39-32-17-11-8-14-26(32)29(36)5-2)21-24-40-33-18-12-9-15-27(33)30(37)6-3/h7-18H,4-6,19-24H2,1-3H3. The summed E-state index contributed by atoms with van der Waals surface area (Å²) in [6.45, 7) is 8.28. The van der Waals surface area contributed by atoms with Crippen molar-refractivity contribution in [2.75, 3.05) is 39.5 Å². The molecule has 0 N–H and O–H groups in total. The first-order valence-electron chi connectivity index (χ1n) is 14.0. The molecule has 7 nitrogen and oxygen atoms in total. The highest BCUT2D eigenvalue weighted by molar-refractivity contribution is 5.99. The maximum atomic E-state index is 12.3. The second-order valence-electron chi connectivity index (χ2n) is 9.21. The van der Waals surface area contributed by atoms with Crippen LogP contribution < -0.4 is 14.2 Å². The number of hydrogen-bond acceptors (Lipinski definition) is 7. The third kappa shape index (κ3) is 8.78. The normalized spacial score (nSPS) is 10.8. The molecule has 0 heterocycles. The first-order valence-corrected chi connectivity index (χ1v) is 14.0. The van der Waals surface area contributed by atoms with Crippen LogP contribution in [0.4, 0.5) is 0 Å². The number of nitrogens with zero attached hydrogens (tertiary/aromatic N) is 1. The molecule has 0 atom stereocenters. The molecule has 0 fully saturated rings. The zero-order chi connectivity index (χ0) is 28.7. The molecular formula is C33H39NO6. The molecule has 3 rings (SSSR count). The summed E-state index contributed by atoms with van der Waals surface area (Å²) in [6, 6.07) is 21.8. The summed E-state index contributed by atoms with van der Waals surface area (Å²) in [5.74, 6) is 1.82. The van der Waals surface area contributed by atoms with Gasteiger partial charge in [-0.15, -0.1) is 0 Å². The molecule has 0 unspecified atom stereocenters. The van der Waals surface area contributed by atoms with Crippen LogP contribution in [0.15, 0.2) is 72.8 Å². The number of para-hydroxylation sites is 3. The van der Waals surface area contributed by atoms with Gasteiger partial charge in [0.15, 0.2) is 17.3 Å². The Balaban J connectivity index is 1.64. The number of carbonyl (C=O) groups is 3. The Kier molecular flexibility index (Phi) is 12.4. The van der Waals surface area contributed by atoms with Crippen LogP contribution in [0.25, 0.3) is 0 Å². The Morgan fingerprint density at radius 3 is 1.05 bits per heavy atom. The van der Waals surface area contributed by atoms with Crippen molar-refractivity contribution in [1.29, 1.82) is 0 Å². The second-order valence-corrected chi connectivity index (χ2v) is 9.21. The number of Topliss-reactive ketones (excluding diaryl/α,β-unsaturated/α-hetero) is 3. The van der Waals surface area contributed by atoms with Crippen molar-refractivity contribution in [3.63, 3.8) is 0 Å². The van der Waals surface area contributed by atoms with E-state index in [1.165, 1.54) is 0 Å². The number of hydrogen-bond donors (Lipinski definition) is 0. The largest absolute Gasteiger partial charge is 0.491 e. The zero-order valence-corrected chi connectivity index (χ0v) is 23.7. The van der Waals surface area contributed by atoms with E-state index in [4.69, 9.17) is 14.2 Å². The van der Waals surface area contributed by atoms with Crippen LogP contribution in [-0.4, -0.2) is 61.7 Å². The first kappa shape index (κ1) is 30.6. The summed E-state index contributed by atoms with van der Waals surface area (Å²) >= 11 is 0. The summed E-state index contributed by atoms with van der Waals surface area (Å²) in [5.41, 5.74) is 1.74. The topological polar surface area (TPSA) is 82.1 Å². The highest BCUT2D eigenvalue weighted by Gasteiger charge is 2.15. The van der Waals surface area contributed by atoms with E-state index in [1.54, 1.807) is 18.2 Å². The van der Waals surface area contributed by atoms with Crippen LogP contribution >= 0.6 is 0 Å². The second kappa shape index (κ2) is 16.2. The molecule has 0 radical (unpaired) electrons. The summed E-state index contributed by atoms with van der Waals surface area (Å²) in [4.78, 5) is 39.1.